The molecular weight excluding hydrogens is 468 g/mol. The molecule has 4 rings (SSSR count). The van der Waals surface area contributed by atoms with Gasteiger partial charge in [-0.2, -0.15) is 5.10 Å². The van der Waals surface area contributed by atoms with E-state index in [2.05, 4.69) is 5.32 Å². The Balaban J connectivity index is 1.57. The third-order valence-electron chi connectivity index (χ3n) is 5.54. The zero-order valence-corrected chi connectivity index (χ0v) is 21.5. The number of nitrogens with one attached hydrogen (secondary N) is 1. The highest BCUT2D eigenvalue weighted by Gasteiger charge is 2.20. The summed E-state index contributed by atoms with van der Waals surface area (Å²) in [5.41, 5.74) is 4.32. The average Bonchev–Trinajstić information content (AvgIpc) is 3.31. The van der Waals surface area contributed by atoms with Crippen molar-refractivity contribution < 1.29 is 9.59 Å². The van der Waals surface area contributed by atoms with Crippen molar-refractivity contribution in [3.05, 3.63) is 102 Å². The lowest BCUT2D eigenvalue weighted by Gasteiger charge is -2.19. The predicted molar refractivity (Wildman–Crippen MR) is 145 cm³/mol. The smallest absolute Gasteiger partial charge is 0.255 e. The number of aromatic nitrogens is 2. The zero-order chi connectivity index (χ0) is 25.5. The lowest BCUT2D eigenvalue weighted by molar-refractivity contribution is -0.119. The molecule has 0 saturated heterocycles. The van der Waals surface area contributed by atoms with Crippen LogP contribution >= 0.6 is 11.8 Å². The van der Waals surface area contributed by atoms with E-state index in [0.29, 0.717) is 12.1 Å². The maximum Gasteiger partial charge on any atom is 0.255 e. The first-order valence-corrected chi connectivity index (χ1v) is 12.9. The van der Waals surface area contributed by atoms with Gasteiger partial charge in [0.25, 0.3) is 5.91 Å². The van der Waals surface area contributed by atoms with Gasteiger partial charge in [-0.25, -0.2) is 4.68 Å². The number of hydrogen-bond donors (Lipinski definition) is 1. The van der Waals surface area contributed by atoms with Crippen LogP contribution in [0.25, 0.3) is 16.9 Å². The molecular formula is C29H30N4O2S. The predicted octanol–water partition coefficient (Wildman–Crippen LogP) is 5.43. The molecule has 36 heavy (non-hydrogen) atoms. The lowest BCUT2D eigenvalue weighted by atomic mass is 10.1. The van der Waals surface area contributed by atoms with Crippen LogP contribution in [-0.2, 0) is 11.3 Å². The second kappa shape index (κ2) is 11.7. The number of carbonyl (C=O) groups is 2. The van der Waals surface area contributed by atoms with Crippen LogP contribution in [0, 0.1) is 0 Å². The maximum absolute atomic E-state index is 13.5. The Hall–Kier alpha value is -3.84. The molecule has 0 saturated carbocycles. The number of amides is 2. The Morgan fingerprint density at radius 1 is 0.944 bits per heavy atom. The molecule has 0 atom stereocenters. The van der Waals surface area contributed by atoms with Crippen LogP contribution in [0.15, 0.2) is 96.0 Å². The third-order valence-corrected chi connectivity index (χ3v) is 6.61. The molecule has 1 N–H and O–H groups in total. The Labute approximate surface area is 216 Å². The fourth-order valence-electron chi connectivity index (χ4n) is 3.89. The van der Waals surface area contributed by atoms with Crippen molar-refractivity contribution in [3.8, 4) is 16.9 Å². The summed E-state index contributed by atoms with van der Waals surface area (Å²) in [6.45, 7) is 4.25. The normalized spacial score (nSPS) is 10.9. The molecule has 0 fully saturated rings. The molecule has 0 aliphatic carbocycles. The maximum atomic E-state index is 13.5. The van der Waals surface area contributed by atoms with Gasteiger partial charge in [0, 0.05) is 41.9 Å². The van der Waals surface area contributed by atoms with Crippen LogP contribution in [0.2, 0.25) is 0 Å². The van der Waals surface area contributed by atoms with E-state index >= 15 is 0 Å². The minimum Gasteiger partial charge on any atom is -0.353 e. The molecule has 0 aliphatic rings. The van der Waals surface area contributed by atoms with Crippen molar-refractivity contribution in [1.29, 1.82) is 0 Å². The van der Waals surface area contributed by atoms with Crippen molar-refractivity contribution in [2.75, 3.05) is 12.8 Å². The van der Waals surface area contributed by atoms with Crippen molar-refractivity contribution in [1.82, 2.24) is 20.0 Å². The van der Waals surface area contributed by atoms with E-state index < -0.39 is 0 Å². The first-order chi connectivity index (χ1) is 17.4. The third kappa shape index (κ3) is 6.23. The number of nitrogens with zero attached hydrogens (tertiary/aromatic N) is 3. The molecule has 1 aromatic heterocycles. The molecule has 0 aliphatic heterocycles. The highest BCUT2D eigenvalue weighted by Crippen LogP contribution is 2.27. The number of para-hydroxylation sites is 1. The van der Waals surface area contributed by atoms with E-state index in [1.165, 1.54) is 11.8 Å². The van der Waals surface area contributed by atoms with E-state index in [4.69, 9.17) is 5.10 Å². The molecule has 7 heteroatoms. The van der Waals surface area contributed by atoms with Gasteiger partial charge in [-0.3, -0.25) is 9.59 Å². The molecule has 184 valence electrons. The summed E-state index contributed by atoms with van der Waals surface area (Å²) < 4.78 is 1.85. The van der Waals surface area contributed by atoms with Crippen LogP contribution < -0.4 is 5.32 Å². The molecule has 4 aromatic rings. The van der Waals surface area contributed by atoms with Crippen molar-refractivity contribution in [2.45, 2.75) is 31.3 Å². The standard InChI is InChI=1S/C29H30N4O2S/c1-21(2)30-27(34)20-36-26-17-11-10-16-25(26)29(35)32(3)18-23-19-33(24-14-8-5-9-15-24)31-28(23)22-12-6-4-7-13-22/h4-17,19,21H,18,20H2,1-3H3,(H,30,34). The Morgan fingerprint density at radius 2 is 1.58 bits per heavy atom. The second-order valence-corrected chi connectivity index (χ2v) is 9.83. The van der Waals surface area contributed by atoms with E-state index in [0.717, 1.165) is 27.4 Å². The molecule has 0 radical (unpaired) electrons. The van der Waals surface area contributed by atoms with Gasteiger partial charge in [-0.1, -0.05) is 60.7 Å². The summed E-state index contributed by atoms with van der Waals surface area (Å²) in [5.74, 6) is 0.106. The monoisotopic (exact) mass is 498 g/mol. The molecule has 3 aromatic carbocycles. The minimum atomic E-state index is -0.103. The van der Waals surface area contributed by atoms with Gasteiger partial charge >= 0.3 is 0 Å². The lowest BCUT2D eigenvalue weighted by Crippen LogP contribution is -2.31. The number of thioether (sulfide) groups is 1. The quantitative estimate of drug-likeness (QED) is 0.313. The zero-order valence-electron chi connectivity index (χ0n) is 20.7. The summed E-state index contributed by atoms with van der Waals surface area (Å²) in [4.78, 5) is 28.1. The largest absolute Gasteiger partial charge is 0.353 e. The average molecular weight is 499 g/mol. The Bertz CT molecular complexity index is 1320. The van der Waals surface area contributed by atoms with E-state index in [-0.39, 0.29) is 23.6 Å². The van der Waals surface area contributed by atoms with Crippen molar-refractivity contribution in [3.63, 3.8) is 0 Å². The summed E-state index contributed by atoms with van der Waals surface area (Å²) in [6.07, 6.45) is 1.98. The van der Waals surface area contributed by atoms with Gasteiger partial charge in [0.2, 0.25) is 5.91 Å². The summed E-state index contributed by atoms with van der Waals surface area (Å²) in [6, 6.07) is 27.4. The number of hydrogen-bond acceptors (Lipinski definition) is 4. The molecule has 1 heterocycles. The number of benzene rings is 3. The number of rotatable bonds is 9. The molecule has 0 unspecified atom stereocenters. The van der Waals surface area contributed by atoms with Crippen LogP contribution in [0.1, 0.15) is 29.8 Å². The van der Waals surface area contributed by atoms with Crippen LogP contribution in [0.5, 0.6) is 0 Å². The fraction of sp³-hybridized carbons (Fsp3) is 0.207. The fourth-order valence-corrected chi connectivity index (χ4v) is 4.74. The van der Waals surface area contributed by atoms with Crippen LogP contribution in [0.3, 0.4) is 0 Å². The van der Waals surface area contributed by atoms with Gasteiger partial charge in [0.1, 0.15) is 0 Å². The van der Waals surface area contributed by atoms with Crippen LogP contribution in [-0.4, -0.2) is 45.3 Å². The summed E-state index contributed by atoms with van der Waals surface area (Å²) in [7, 11) is 1.80. The summed E-state index contributed by atoms with van der Waals surface area (Å²) in [5, 5.41) is 7.75. The molecule has 0 spiro atoms. The van der Waals surface area contributed by atoms with Gasteiger partial charge < -0.3 is 10.2 Å². The Morgan fingerprint density at radius 3 is 2.28 bits per heavy atom. The van der Waals surface area contributed by atoms with Gasteiger partial charge in [0.15, 0.2) is 0 Å². The van der Waals surface area contributed by atoms with Gasteiger partial charge in [-0.05, 0) is 38.1 Å². The second-order valence-electron chi connectivity index (χ2n) is 8.82. The van der Waals surface area contributed by atoms with Crippen LogP contribution in [0.4, 0.5) is 0 Å². The molecule has 2 amide bonds. The van der Waals surface area contributed by atoms with E-state index in [1.54, 1.807) is 11.9 Å². The first kappa shape index (κ1) is 25.3. The molecule has 0 bridgehead atoms. The SMILES string of the molecule is CC(C)NC(=O)CSc1ccccc1C(=O)N(C)Cc1cn(-c2ccccc2)nc1-c1ccccc1. The van der Waals surface area contributed by atoms with Gasteiger partial charge in [0.05, 0.1) is 22.7 Å². The Kier molecular flexibility index (Phi) is 8.23. The van der Waals surface area contributed by atoms with Crippen molar-refractivity contribution >= 4 is 23.6 Å². The molecule has 6 nitrogen and oxygen atoms in total. The highest BCUT2D eigenvalue weighted by atomic mass is 32.2. The van der Waals surface area contributed by atoms with E-state index in [1.807, 2.05) is 110 Å². The van der Waals surface area contributed by atoms with Gasteiger partial charge in [-0.15, -0.1) is 11.8 Å². The summed E-state index contributed by atoms with van der Waals surface area (Å²) >= 11 is 1.37. The van der Waals surface area contributed by atoms with E-state index in [9.17, 15) is 9.59 Å². The number of carbonyl (C=O) groups excluding carboxylic acids is 2. The topological polar surface area (TPSA) is 67.2 Å². The first-order valence-electron chi connectivity index (χ1n) is 11.9. The highest BCUT2D eigenvalue weighted by molar-refractivity contribution is 8.00. The minimum absolute atomic E-state index is 0.0496. The van der Waals surface area contributed by atoms with Crippen molar-refractivity contribution in [2.24, 2.45) is 0 Å².